The molecule has 0 spiro atoms. The molecule has 0 radical (unpaired) electrons. The van der Waals surface area contributed by atoms with Crippen molar-refractivity contribution < 1.29 is 4.79 Å². The molecule has 0 aromatic carbocycles. The van der Waals surface area contributed by atoms with Gasteiger partial charge in [0.2, 0.25) is 5.91 Å². The number of likely N-dealkylation sites (tertiary alicyclic amines) is 1. The molecule has 0 aromatic heterocycles. The highest BCUT2D eigenvalue weighted by Crippen LogP contribution is 2.13. The molecule has 1 aliphatic heterocycles. The van der Waals surface area contributed by atoms with Gasteiger partial charge < -0.3 is 16.0 Å². The molecule has 16 heavy (non-hydrogen) atoms. The van der Waals surface area contributed by atoms with E-state index in [0.29, 0.717) is 6.04 Å². The second kappa shape index (κ2) is 7.87. The van der Waals surface area contributed by atoms with Crippen molar-refractivity contribution in [2.75, 3.05) is 20.1 Å². The molecule has 5 heteroatoms. The number of carbonyl (C=O) groups excluding carboxylic acids is 1. The first kappa shape index (κ1) is 15.7. The third kappa shape index (κ3) is 4.68. The number of rotatable bonds is 5. The Bertz CT molecular complexity index is 213. The number of hydrogen-bond acceptors (Lipinski definition) is 3. The topological polar surface area (TPSA) is 58.4 Å². The standard InChI is InChI=1S/C11H23N3O.ClH/c1-3-5-10(12)11(15)13-8-9-6-4-7-14(9)2;/h9-10H,3-8,12H2,1-2H3,(H,13,15);1H. The zero-order chi connectivity index (χ0) is 11.3. The predicted octanol–water partition coefficient (Wildman–Crippen LogP) is 0.746. The van der Waals surface area contributed by atoms with Crippen LogP contribution in [0.2, 0.25) is 0 Å². The van der Waals surface area contributed by atoms with Gasteiger partial charge in [0.1, 0.15) is 0 Å². The summed E-state index contributed by atoms with van der Waals surface area (Å²) in [5.41, 5.74) is 5.72. The molecule has 4 nitrogen and oxygen atoms in total. The molecule has 1 amide bonds. The van der Waals surface area contributed by atoms with Gasteiger partial charge in [0.15, 0.2) is 0 Å². The Balaban J connectivity index is 0.00000225. The van der Waals surface area contributed by atoms with E-state index in [4.69, 9.17) is 5.73 Å². The summed E-state index contributed by atoms with van der Waals surface area (Å²) in [6.07, 6.45) is 4.14. The van der Waals surface area contributed by atoms with Crippen molar-refractivity contribution >= 4 is 18.3 Å². The molecule has 2 unspecified atom stereocenters. The van der Waals surface area contributed by atoms with Gasteiger partial charge in [-0.2, -0.15) is 0 Å². The average molecular weight is 250 g/mol. The monoisotopic (exact) mass is 249 g/mol. The molecular formula is C11H24ClN3O. The molecule has 2 atom stereocenters. The Hall–Kier alpha value is -0.320. The minimum Gasteiger partial charge on any atom is -0.353 e. The Morgan fingerprint density at radius 3 is 2.81 bits per heavy atom. The van der Waals surface area contributed by atoms with Crippen LogP contribution in [0.1, 0.15) is 32.6 Å². The molecule has 1 rings (SSSR count). The summed E-state index contributed by atoms with van der Waals surface area (Å²) in [6.45, 7) is 3.92. The maximum Gasteiger partial charge on any atom is 0.236 e. The molecule has 0 aromatic rings. The normalized spacial score (nSPS) is 22.6. The van der Waals surface area contributed by atoms with Crippen LogP contribution < -0.4 is 11.1 Å². The third-order valence-electron chi connectivity index (χ3n) is 3.12. The Labute approximate surface area is 104 Å². The molecule has 0 bridgehead atoms. The van der Waals surface area contributed by atoms with E-state index < -0.39 is 0 Å². The van der Waals surface area contributed by atoms with Gasteiger partial charge in [0, 0.05) is 12.6 Å². The van der Waals surface area contributed by atoms with Crippen LogP contribution >= 0.6 is 12.4 Å². The summed E-state index contributed by atoms with van der Waals surface area (Å²) in [7, 11) is 2.11. The minimum absolute atomic E-state index is 0. The number of hydrogen-bond donors (Lipinski definition) is 2. The highest BCUT2D eigenvalue weighted by Gasteiger charge is 2.22. The Morgan fingerprint density at radius 1 is 1.62 bits per heavy atom. The van der Waals surface area contributed by atoms with Crippen molar-refractivity contribution in [1.82, 2.24) is 10.2 Å². The van der Waals surface area contributed by atoms with Crippen molar-refractivity contribution in [1.29, 1.82) is 0 Å². The van der Waals surface area contributed by atoms with Crippen LogP contribution in [0, 0.1) is 0 Å². The highest BCUT2D eigenvalue weighted by molar-refractivity contribution is 5.85. The zero-order valence-corrected chi connectivity index (χ0v) is 11.1. The fourth-order valence-electron chi connectivity index (χ4n) is 2.03. The lowest BCUT2D eigenvalue weighted by molar-refractivity contribution is -0.122. The van der Waals surface area contributed by atoms with Crippen LogP contribution in [-0.4, -0.2) is 43.0 Å². The largest absolute Gasteiger partial charge is 0.353 e. The Morgan fingerprint density at radius 2 is 2.31 bits per heavy atom. The number of nitrogens with one attached hydrogen (secondary N) is 1. The lowest BCUT2D eigenvalue weighted by Crippen LogP contribution is -2.45. The van der Waals surface area contributed by atoms with Crippen LogP contribution in [-0.2, 0) is 4.79 Å². The molecule has 0 aliphatic carbocycles. The van der Waals surface area contributed by atoms with Gasteiger partial charge in [-0.15, -0.1) is 12.4 Å². The van der Waals surface area contributed by atoms with E-state index in [-0.39, 0.29) is 24.4 Å². The summed E-state index contributed by atoms with van der Waals surface area (Å²) in [4.78, 5) is 13.8. The highest BCUT2D eigenvalue weighted by atomic mass is 35.5. The van der Waals surface area contributed by atoms with Crippen LogP contribution in [0.25, 0.3) is 0 Å². The van der Waals surface area contributed by atoms with E-state index in [1.54, 1.807) is 0 Å². The summed E-state index contributed by atoms with van der Waals surface area (Å²) in [5.74, 6) is -0.00264. The van der Waals surface area contributed by atoms with E-state index in [9.17, 15) is 4.79 Å². The van der Waals surface area contributed by atoms with Crippen LogP contribution in [0.3, 0.4) is 0 Å². The average Bonchev–Trinajstić information content (AvgIpc) is 2.61. The summed E-state index contributed by atoms with van der Waals surface area (Å²) in [6, 6.07) is 0.171. The first-order valence-corrected chi connectivity index (χ1v) is 5.88. The SMILES string of the molecule is CCCC(N)C(=O)NCC1CCCN1C.Cl. The fraction of sp³-hybridized carbons (Fsp3) is 0.909. The lowest BCUT2D eigenvalue weighted by atomic mass is 10.1. The Kier molecular flexibility index (Phi) is 7.72. The van der Waals surface area contributed by atoms with E-state index in [1.165, 1.54) is 12.8 Å². The molecule has 1 aliphatic rings. The minimum atomic E-state index is -0.332. The van der Waals surface area contributed by atoms with Gasteiger partial charge in [0.25, 0.3) is 0 Å². The maximum atomic E-state index is 11.5. The number of nitrogens with zero attached hydrogens (tertiary/aromatic N) is 1. The smallest absolute Gasteiger partial charge is 0.236 e. The first-order chi connectivity index (χ1) is 7.15. The van der Waals surface area contributed by atoms with E-state index >= 15 is 0 Å². The van der Waals surface area contributed by atoms with E-state index in [1.807, 2.05) is 6.92 Å². The van der Waals surface area contributed by atoms with Crippen LogP contribution in [0.4, 0.5) is 0 Å². The number of nitrogens with two attached hydrogens (primary N) is 1. The first-order valence-electron chi connectivity index (χ1n) is 5.88. The van der Waals surface area contributed by atoms with Crippen molar-refractivity contribution in [2.24, 2.45) is 5.73 Å². The van der Waals surface area contributed by atoms with Crippen molar-refractivity contribution in [3.63, 3.8) is 0 Å². The van der Waals surface area contributed by atoms with Crippen molar-refractivity contribution in [3.05, 3.63) is 0 Å². The molecule has 96 valence electrons. The van der Waals surface area contributed by atoms with Crippen molar-refractivity contribution in [3.8, 4) is 0 Å². The number of likely N-dealkylation sites (N-methyl/N-ethyl adjacent to an activating group) is 1. The van der Waals surface area contributed by atoms with Gasteiger partial charge in [-0.05, 0) is 32.9 Å². The maximum absolute atomic E-state index is 11.5. The summed E-state index contributed by atoms with van der Waals surface area (Å²) in [5, 5.41) is 2.93. The van der Waals surface area contributed by atoms with Gasteiger partial charge in [0.05, 0.1) is 6.04 Å². The van der Waals surface area contributed by atoms with E-state index in [2.05, 4.69) is 17.3 Å². The zero-order valence-electron chi connectivity index (χ0n) is 10.2. The number of halogens is 1. The number of carbonyl (C=O) groups is 1. The van der Waals surface area contributed by atoms with E-state index in [0.717, 1.165) is 25.9 Å². The van der Waals surface area contributed by atoms with Gasteiger partial charge >= 0.3 is 0 Å². The predicted molar refractivity (Wildman–Crippen MR) is 68.8 cm³/mol. The van der Waals surface area contributed by atoms with Gasteiger partial charge in [-0.3, -0.25) is 4.79 Å². The number of amides is 1. The van der Waals surface area contributed by atoms with Crippen LogP contribution in [0.15, 0.2) is 0 Å². The summed E-state index contributed by atoms with van der Waals surface area (Å²) >= 11 is 0. The second-order valence-electron chi connectivity index (χ2n) is 4.42. The lowest BCUT2D eigenvalue weighted by Gasteiger charge is -2.20. The molecular weight excluding hydrogens is 226 g/mol. The quantitative estimate of drug-likeness (QED) is 0.756. The second-order valence-corrected chi connectivity index (χ2v) is 4.42. The fourth-order valence-corrected chi connectivity index (χ4v) is 2.03. The van der Waals surface area contributed by atoms with Crippen LogP contribution in [0.5, 0.6) is 0 Å². The molecule has 3 N–H and O–H groups in total. The molecule has 1 heterocycles. The molecule has 0 saturated carbocycles. The van der Waals surface area contributed by atoms with Gasteiger partial charge in [-0.25, -0.2) is 0 Å². The molecule has 1 fully saturated rings. The van der Waals surface area contributed by atoms with Gasteiger partial charge in [-0.1, -0.05) is 13.3 Å². The third-order valence-corrected chi connectivity index (χ3v) is 3.12. The van der Waals surface area contributed by atoms with Crippen molar-refractivity contribution in [2.45, 2.75) is 44.7 Å². The summed E-state index contributed by atoms with van der Waals surface area (Å²) < 4.78 is 0. The molecule has 1 saturated heterocycles.